The molecule has 4 heteroatoms. The Morgan fingerprint density at radius 3 is 2.65 bits per heavy atom. The van der Waals surface area contributed by atoms with Crippen LogP contribution in [-0.2, 0) is 4.79 Å². The number of carbonyl (C=O) groups is 1. The van der Waals surface area contributed by atoms with Crippen molar-refractivity contribution in [3.63, 3.8) is 0 Å². The minimum absolute atomic E-state index is 0.283. The number of alkyl halides is 1. The van der Waals surface area contributed by atoms with Gasteiger partial charge in [0.25, 0.3) is 0 Å². The van der Waals surface area contributed by atoms with Crippen LogP contribution in [0.1, 0.15) is 32.1 Å². The summed E-state index contributed by atoms with van der Waals surface area (Å²) < 4.78 is 0. The van der Waals surface area contributed by atoms with E-state index in [4.69, 9.17) is 0 Å². The fourth-order valence-corrected chi connectivity index (χ4v) is 4.95. The van der Waals surface area contributed by atoms with Crippen LogP contribution in [0.3, 0.4) is 0 Å². The molecule has 0 spiro atoms. The third kappa shape index (κ3) is 3.88. The van der Waals surface area contributed by atoms with Crippen LogP contribution in [0.15, 0.2) is 0 Å². The van der Waals surface area contributed by atoms with Crippen molar-refractivity contribution in [3.8, 4) is 0 Å². The van der Waals surface area contributed by atoms with Gasteiger partial charge >= 0.3 is 0 Å². The molecule has 0 bridgehead atoms. The summed E-state index contributed by atoms with van der Waals surface area (Å²) in [5.41, 5.74) is 0. The summed E-state index contributed by atoms with van der Waals surface area (Å²) in [6.07, 6.45) is 6.38. The number of hydrogen-bond donors (Lipinski definition) is 1. The van der Waals surface area contributed by atoms with Crippen LogP contribution in [0.4, 0.5) is 0 Å². The molecule has 0 aromatic carbocycles. The largest absolute Gasteiger partial charge is 0.356 e. The highest BCUT2D eigenvalue weighted by Gasteiger charge is 2.27. The first kappa shape index (κ1) is 13.7. The molecular weight excluding hydrogens is 298 g/mol. The third-order valence-electron chi connectivity index (χ3n) is 4.10. The Labute approximate surface area is 117 Å². The molecule has 2 nitrogen and oxygen atoms in total. The average Bonchev–Trinajstić information content (AvgIpc) is 2.90. The van der Waals surface area contributed by atoms with Crippen molar-refractivity contribution in [2.75, 3.05) is 23.4 Å². The number of amides is 1. The van der Waals surface area contributed by atoms with E-state index in [0.717, 1.165) is 35.7 Å². The first-order valence-corrected chi connectivity index (χ1v) is 9.00. The fraction of sp³-hybridized carbons (Fsp3) is 0.923. The Morgan fingerprint density at radius 2 is 2.00 bits per heavy atom. The second kappa shape index (κ2) is 7.03. The van der Waals surface area contributed by atoms with Gasteiger partial charge in [0.15, 0.2) is 0 Å². The van der Waals surface area contributed by atoms with Crippen molar-refractivity contribution < 1.29 is 4.79 Å². The predicted octanol–water partition coefficient (Wildman–Crippen LogP) is 3.06. The van der Waals surface area contributed by atoms with Gasteiger partial charge in [-0.25, -0.2) is 0 Å². The van der Waals surface area contributed by atoms with E-state index in [9.17, 15) is 4.79 Å². The highest BCUT2D eigenvalue weighted by molar-refractivity contribution is 9.09. The molecule has 1 aliphatic heterocycles. The van der Waals surface area contributed by atoms with Crippen LogP contribution in [0.2, 0.25) is 0 Å². The van der Waals surface area contributed by atoms with E-state index in [0.29, 0.717) is 11.8 Å². The second-order valence-electron chi connectivity index (χ2n) is 5.26. The molecule has 1 amide bonds. The quantitative estimate of drug-likeness (QED) is 0.807. The number of hydrogen-bond acceptors (Lipinski definition) is 2. The van der Waals surface area contributed by atoms with Gasteiger partial charge in [-0.2, -0.15) is 11.8 Å². The van der Waals surface area contributed by atoms with E-state index >= 15 is 0 Å². The van der Waals surface area contributed by atoms with Gasteiger partial charge in [-0.05, 0) is 36.9 Å². The van der Waals surface area contributed by atoms with Gasteiger partial charge < -0.3 is 5.32 Å². The lowest BCUT2D eigenvalue weighted by Gasteiger charge is -2.30. The normalized spacial score (nSPS) is 33.6. The minimum Gasteiger partial charge on any atom is -0.356 e. The fourth-order valence-electron chi connectivity index (χ4n) is 2.87. The number of thioether (sulfide) groups is 1. The maximum atomic E-state index is 11.9. The average molecular weight is 320 g/mol. The maximum absolute atomic E-state index is 11.9. The van der Waals surface area contributed by atoms with Crippen molar-refractivity contribution >= 4 is 33.6 Å². The molecule has 1 aliphatic carbocycles. The van der Waals surface area contributed by atoms with Crippen LogP contribution in [0, 0.1) is 17.8 Å². The standard InChI is InChI=1S/C13H22BrNOS/c14-7-10-3-1-2-4-11(10)8-15-13(16)12-5-6-17-9-12/h10-12H,1-9H2,(H,15,16). The molecule has 2 rings (SSSR count). The summed E-state index contributed by atoms with van der Waals surface area (Å²) in [7, 11) is 0. The Balaban J connectivity index is 1.74. The number of nitrogens with one attached hydrogen (secondary N) is 1. The van der Waals surface area contributed by atoms with Gasteiger partial charge in [0.2, 0.25) is 5.91 Å². The summed E-state index contributed by atoms with van der Waals surface area (Å²) in [4.78, 5) is 11.9. The van der Waals surface area contributed by atoms with Gasteiger partial charge in [-0.3, -0.25) is 4.79 Å². The highest BCUT2D eigenvalue weighted by atomic mass is 79.9. The lowest BCUT2D eigenvalue weighted by molar-refractivity contribution is -0.124. The van der Waals surface area contributed by atoms with Gasteiger partial charge in [0, 0.05) is 23.5 Å². The van der Waals surface area contributed by atoms with E-state index < -0.39 is 0 Å². The van der Waals surface area contributed by atoms with E-state index in [1.165, 1.54) is 25.7 Å². The first-order chi connectivity index (χ1) is 8.31. The van der Waals surface area contributed by atoms with Crippen LogP contribution in [0.25, 0.3) is 0 Å². The Hall–Kier alpha value is 0.300. The number of carbonyl (C=O) groups excluding carboxylic acids is 1. The van der Waals surface area contributed by atoms with Crippen LogP contribution < -0.4 is 5.32 Å². The van der Waals surface area contributed by atoms with Crippen molar-refractivity contribution in [1.82, 2.24) is 5.32 Å². The van der Waals surface area contributed by atoms with Gasteiger partial charge in [-0.1, -0.05) is 28.8 Å². The highest BCUT2D eigenvalue weighted by Crippen LogP contribution is 2.31. The third-order valence-corrected chi connectivity index (χ3v) is 6.10. The first-order valence-electron chi connectivity index (χ1n) is 6.72. The van der Waals surface area contributed by atoms with E-state index in [1.54, 1.807) is 0 Å². The Bertz CT molecular complexity index is 256. The van der Waals surface area contributed by atoms with Gasteiger partial charge in [-0.15, -0.1) is 0 Å². The lowest BCUT2D eigenvalue weighted by Crippen LogP contribution is -2.38. The van der Waals surface area contributed by atoms with Crippen molar-refractivity contribution in [3.05, 3.63) is 0 Å². The molecule has 1 N–H and O–H groups in total. The molecule has 17 heavy (non-hydrogen) atoms. The van der Waals surface area contributed by atoms with E-state index in [-0.39, 0.29) is 5.92 Å². The van der Waals surface area contributed by atoms with Crippen LogP contribution in [0.5, 0.6) is 0 Å². The van der Waals surface area contributed by atoms with E-state index in [1.807, 2.05) is 11.8 Å². The zero-order chi connectivity index (χ0) is 12.1. The zero-order valence-electron chi connectivity index (χ0n) is 10.3. The predicted molar refractivity (Wildman–Crippen MR) is 77.7 cm³/mol. The van der Waals surface area contributed by atoms with Gasteiger partial charge in [0.05, 0.1) is 0 Å². The van der Waals surface area contributed by atoms with Crippen LogP contribution in [-0.4, -0.2) is 29.3 Å². The molecular formula is C13H22BrNOS. The summed E-state index contributed by atoms with van der Waals surface area (Å²) in [6.45, 7) is 0.899. The number of halogens is 1. The molecule has 1 heterocycles. The molecule has 1 saturated carbocycles. The molecule has 3 atom stereocenters. The monoisotopic (exact) mass is 319 g/mol. The topological polar surface area (TPSA) is 29.1 Å². The molecule has 0 aromatic rings. The molecule has 1 saturated heterocycles. The maximum Gasteiger partial charge on any atom is 0.223 e. The second-order valence-corrected chi connectivity index (χ2v) is 7.06. The summed E-state index contributed by atoms with van der Waals surface area (Å²) in [6, 6.07) is 0. The van der Waals surface area contributed by atoms with Crippen molar-refractivity contribution in [1.29, 1.82) is 0 Å². The van der Waals surface area contributed by atoms with Crippen molar-refractivity contribution in [2.45, 2.75) is 32.1 Å². The molecule has 2 fully saturated rings. The molecule has 0 radical (unpaired) electrons. The van der Waals surface area contributed by atoms with Crippen LogP contribution >= 0.6 is 27.7 Å². The van der Waals surface area contributed by atoms with Crippen molar-refractivity contribution in [2.24, 2.45) is 17.8 Å². The Kier molecular flexibility index (Phi) is 5.67. The molecule has 98 valence electrons. The smallest absolute Gasteiger partial charge is 0.223 e. The molecule has 3 unspecified atom stereocenters. The summed E-state index contributed by atoms with van der Waals surface area (Å²) in [5.74, 6) is 4.23. The Morgan fingerprint density at radius 1 is 1.24 bits per heavy atom. The molecule has 0 aromatic heterocycles. The van der Waals surface area contributed by atoms with E-state index in [2.05, 4.69) is 21.2 Å². The summed E-state index contributed by atoms with van der Waals surface area (Å²) in [5, 5.41) is 4.28. The lowest BCUT2D eigenvalue weighted by atomic mass is 9.80. The SMILES string of the molecule is O=C(NCC1CCCCC1CBr)C1CCSC1. The molecule has 2 aliphatic rings. The summed E-state index contributed by atoms with van der Waals surface area (Å²) >= 11 is 5.52. The van der Waals surface area contributed by atoms with Gasteiger partial charge in [0.1, 0.15) is 0 Å². The zero-order valence-corrected chi connectivity index (χ0v) is 12.7. The minimum atomic E-state index is 0.283. The number of rotatable bonds is 4.